The molecule has 0 amide bonds. The minimum absolute atomic E-state index is 0.111. The molecule has 0 atom stereocenters. The fraction of sp³-hybridized carbons (Fsp3) is 0.235. The van der Waals surface area contributed by atoms with Gasteiger partial charge in [-0.15, -0.1) is 0 Å². The first-order valence-corrected chi connectivity index (χ1v) is 8.79. The number of sulfonamides is 1. The zero-order valence-electron chi connectivity index (χ0n) is 12.8. The number of anilines is 1. The number of nitriles is 1. The Labute approximate surface area is 136 Å². The number of hydrogen-bond acceptors (Lipinski definition) is 4. The van der Waals surface area contributed by atoms with Crippen LogP contribution >= 0.6 is 0 Å². The number of benzene rings is 2. The molecule has 0 spiro atoms. The van der Waals surface area contributed by atoms with Crippen LogP contribution in [0.1, 0.15) is 25.3 Å². The third kappa shape index (κ3) is 4.73. The zero-order valence-corrected chi connectivity index (χ0v) is 13.6. The molecule has 2 aromatic carbocycles. The number of hydrogen-bond donors (Lipinski definition) is 1. The highest BCUT2D eigenvalue weighted by Gasteiger charge is 2.14. The summed E-state index contributed by atoms with van der Waals surface area (Å²) in [7, 11) is -3.67. The van der Waals surface area contributed by atoms with Gasteiger partial charge in [-0.1, -0.05) is 13.3 Å². The van der Waals surface area contributed by atoms with Gasteiger partial charge in [0.25, 0.3) is 10.0 Å². The van der Waals surface area contributed by atoms with Crippen LogP contribution in [-0.2, 0) is 10.0 Å². The molecule has 0 heterocycles. The number of ether oxygens (including phenoxy) is 1. The van der Waals surface area contributed by atoms with Crippen LogP contribution in [0.2, 0.25) is 0 Å². The molecule has 0 aliphatic rings. The number of nitrogens with zero attached hydrogens (tertiary/aromatic N) is 1. The molecule has 0 fully saturated rings. The maximum atomic E-state index is 12.3. The summed E-state index contributed by atoms with van der Waals surface area (Å²) < 4.78 is 32.6. The Hall–Kier alpha value is -2.52. The lowest BCUT2D eigenvalue weighted by molar-refractivity contribution is 0.309. The molecule has 0 aliphatic carbocycles. The Morgan fingerprint density at radius 3 is 2.30 bits per heavy atom. The smallest absolute Gasteiger partial charge is 0.261 e. The summed E-state index contributed by atoms with van der Waals surface area (Å²) in [6.07, 6.45) is 2.04. The van der Waals surface area contributed by atoms with Crippen molar-refractivity contribution in [3.05, 3.63) is 54.1 Å². The van der Waals surface area contributed by atoms with Gasteiger partial charge in [-0.2, -0.15) is 5.26 Å². The van der Waals surface area contributed by atoms with Gasteiger partial charge in [-0.3, -0.25) is 4.72 Å². The number of unbranched alkanes of at least 4 members (excludes halogenated alkanes) is 1. The minimum atomic E-state index is -3.67. The fourth-order valence-electron chi connectivity index (χ4n) is 1.88. The van der Waals surface area contributed by atoms with E-state index in [9.17, 15) is 8.42 Å². The maximum absolute atomic E-state index is 12.3. The fourth-order valence-corrected chi connectivity index (χ4v) is 2.93. The molecular weight excluding hydrogens is 312 g/mol. The van der Waals surface area contributed by atoms with Gasteiger partial charge in [0.2, 0.25) is 0 Å². The van der Waals surface area contributed by atoms with E-state index in [4.69, 9.17) is 10.00 Å². The van der Waals surface area contributed by atoms with E-state index in [0.29, 0.717) is 23.6 Å². The second-order valence-corrected chi connectivity index (χ2v) is 6.65. The molecule has 1 N–H and O–H groups in total. The Bertz CT molecular complexity index is 776. The van der Waals surface area contributed by atoms with Crippen LogP contribution in [0.3, 0.4) is 0 Å². The van der Waals surface area contributed by atoms with Crippen LogP contribution in [0.25, 0.3) is 0 Å². The predicted molar refractivity (Wildman–Crippen MR) is 88.8 cm³/mol. The monoisotopic (exact) mass is 330 g/mol. The van der Waals surface area contributed by atoms with Crippen molar-refractivity contribution in [3.8, 4) is 11.8 Å². The molecule has 6 heteroatoms. The third-order valence-electron chi connectivity index (χ3n) is 3.17. The van der Waals surface area contributed by atoms with E-state index in [1.54, 1.807) is 24.3 Å². The second-order valence-electron chi connectivity index (χ2n) is 4.97. The summed E-state index contributed by atoms with van der Waals surface area (Å²) in [6.45, 7) is 2.73. The van der Waals surface area contributed by atoms with E-state index in [-0.39, 0.29) is 4.90 Å². The summed E-state index contributed by atoms with van der Waals surface area (Å²) in [5, 5.41) is 8.74. The van der Waals surface area contributed by atoms with Gasteiger partial charge in [0.1, 0.15) is 5.75 Å². The van der Waals surface area contributed by atoms with Crippen LogP contribution in [-0.4, -0.2) is 15.0 Å². The van der Waals surface area contributed by atoms with E-state index >= 15 is 0 Å². The normalized spacial score (nSPS) is 10.8. The highest BCUT2D eigenvalue weighted by atomic mass is 32.2. The van der Waals surface area contributed by atoms with Crippen molar-refractivity contribution in [3.63, 3.8) is 0 Å². The first kappa shape index (κ1) is 16.8. The second kappa shape index (κ2) is 7.65. The molecule has 23 heavy (non-hydrogen) atoms. The molecule has 2 aromatic rings. The van der Waals surface area contributed by atoms with Gasteiger partial charge in [-0.05, 0) is 55.0 Å². The van der Waals surface area contributed by atoms with Gasteiger partial charge >= 0.3 is 0 Å². The molecule has 0 bridgehead atoms. The molecule has 0 aliphatic heterocycles. The lowest BCUT2D eigenvalue weighted by Crippen LogP contribution is -2.12. The maximum Gasteiger partial charge on any atom is 0.261 e. The van der Waals surface area contributed by atoms with Crippen molar-refractivity contribution in [2.24, 2.45) is 0 Å². The average Bonchev–Trinajstić information content (AvgIpc) is 2.56. The summed E-state index contributed by atoms with van der Waals surface area (Å²) in [5.74, 6) is 0.708. The topological polar surface area (TPSA) is 79.2 Å². The summed E-state index contributed by atoms with van der Waals surface area (Å²) in [6, 6.07) is 14.5. The van der Waals surface area contributed by atoms with Gasteiger partial charge in [0, 0.05) is 5.69 Å². The van der Waals surface area contributed by atoms with Crippen LogP contribution in [0, 0.1) is 11.3 Å². The lowest BCUT2D eigenvalue weighted by Gasteiger charge is -2.09. The average molecular weight is 330 g/mol. The quantitative estimate of drug-likeness (QED) is 0.788. The Kier molecular flexibility index (Phi) is 5.61. The lowest BCUT2D eigenvalue weighted by atomic mass is 10.2. The van der Waals surface area contributed by atoms with E-state index in [2.05, 4.69) is 11.6 Å². The summed E-state index contributed by atoms with van der Waals surface area (Å²) in [5.41, 5.74) is 0.870. The Balaban J connectivity index is 2.06. The Morgan fingerprint density at radius 1 is 1.09 bits per heavy atom. The van der Waals surface area contributed by atoms with E-state index in [1.807, 2.05) is 6.07 Å². The largest absolute Gasteiger partial charge is 0.494 e. The molecule has 0 radical (unpaired) electrons. The van der Waals surface area contributed by atoms with Crippen LogP contribution < -0.4 is 9.46 Å². The minimum Gasteiger partial charge on any atom is -0.494 e. The molecule has 0 unspecified atom stereocenters. The third-order valence-corrected chi connectivity index (χ3v) is 4.56. The van der Waals surface area contributed by atoms with Crippen molar-refractivity contribution in [2.45, 2.75) is 24.7 Å². The van der Waals surface area contributed by atoms with Crippen LogP contribution in [0.4, 0.5) is 5.69 Å². The van der Waals surface area contributed by atoms with E-state index < -0.39 is 10.0 Å². The molecule has 0 saturated carbocycles. The van der Waals surface area contributed by atoms with Crippen LogP contribution in [0.15, 0.2) is 53.4 Å². The Morgan fingerprint density at radius 2 is 1.74 bits per heavy atom. The molecule has 2 rings (SSSR count). The first-order chi connectivity index (χ1) is 11.0. The first-order valence-electron chi connectivity index (χ1n) is 7.31. The SMILES string of the molecule is CCCCOc1ccc(NS(=O)(=O)c2ccc(C#N)cc2)cc1. The molecule has 0 saturated heterocycles. The summed E-state index contributed by atoms with van der Waals surface area (Å²) >= 11 is 0. The predicted octanol–water partition coefficient (Wildman–Crippen LogP) is 3.54. The summed E-state index contributed by atoms with van der Waals surface area (Å²) in [4.78, 5) is 0.111. The van der Waals surface area contributed by atoms with E-state index in [0.717, 1.165) is 12.8 Å². The molecule has 120 valence electrons. The van der Waals surface area contributed by atoms with Gasteiger partial charge in [-0.25, -0.2) is 8.42 Å². The zero-order chi connectivity index (χ0) is 16.7. The van der Waals surface area contributed by atoms with Gasteiger partial charge in [0.15, 0.2) is 0 Å². The van der Waals surface area contributed by atoms with Gasteiger partial charge < -0.3 is 4.74 Å². The highest BCUT2D eigenvalue weighted by molar-refractivity contribution is 7.92. The van der Waals surface area contributed by atoms with Crippen molar-refractivity contribution >= 4 is 15.7 Å². The number of nitrogens with one attached hydrogen (secondary N) is 1. The van der Waals surface area contributed by atoms with Crippen molar-refractivity contribution < 1.29 is 13.2 Å². The molecular formula is C17H18N2O3S. The molecule has 0 aromatic heterocycles. The van der Waals surface area contributed by atoms with Gasteiger partial charge in [0.05, 0.1) is 23.1 Å². The van der Waals surface area contributed by atoms with Crippen LogP contribution in [0.5, 0.6) is 5.75 Å². The number of rotatable bonds is 7. The standard InChI is InChI=1S/C17H18N2O3S/c1-2-3-12-22-16-8-6-15(7-9-16)19-23(20,21)17-10-4-14(13-18)5-11-17/h4-11,19H,2-3,12H2,1H3. The highest BCUT2D eigenvalue weighted by Crippen LogP contribution is 2.20. The van der Waals surface area contributed by atoms with Crippen molar-refractivity contribution in [1.29, 1.82) is 5.26 Å². The molecule has 5 nitrogen and oxygen atoms in total. The van der Waals surface area contributed by atoms with Crippen molar-refractivity contribution in [1.82, 2.24) is 0 Å². The van der Waals surface area contributed by atoms with Crippen molar-refractivity contribution in [2.75, 3.05) is 11.3 Å². The van der Waals surface area contributed by atoms with E-state index in [1.165, 1.54) is 24.3 Å².